The number of carbonyl (C=O) groups is 1. The second-order valence-corrected chi connectivity index (χ2v) is 8.04. The summed E-state index contributed by atoms with van der Waals surface area (Å²) in [5, 5.41) is 0.948. The maximum Gasteiger partial charge on any atom is 0.262 e. The van der Waals surface area contributed by atoms with Crippen LogP contribution in [0.3, 0.4) is 0 Å². The fourth-order valence-corrected chi connectivity index (χ4v) is 3.83. The number of amides is 1. The van der Waals surface area contributed by atoms with Gasteiger partial charge in [0.05, 0.1) is 16.4 Å². The summed E-state index contributed by atoms with van der Waals surface area (Å²) in [6.07, 6.45) is 3.77. The van der Waals surface area contributed by atoms with Crippen molar-refractivity contribution in [2.45, 2.75) is 0 Å². The third-order valence-electron chi connectivity index (χ3n) is 4.40. The van der Waals surface area contributed by atoms with E-state index >= 15 is 0 Å². The number of halogens is 3. The maximum absolute atomic E-state index is 13.3. The molecule has 0 saturated carbocycles. The maximum atomic E-state index is 13.3. The molecule has 4 rings (SSSR count). The van der Waals surface area contributed by atoms with Gasteiger partial charge < -0.3 is 0 Å². The molecule has 3 aromatic rings. The predicted molar refractivity (Wildman–Crippen MR) is 120 cm³/mol. The Balaban J connectivity index is 1.84. The summed E-state index contributed by atoms with van der Waals surface area (Å²) in [6, 6.07) is 22.7. The molecule has 138 valence electrons. The zero-order valence-corrected chi connectivity index (χ0v) is 17.7. The number of hydrogen-bond acceptors (Lipinski definition) is 1. The van der Waals surface area contributed by atoms with Crippen LogP contribution in [-0.4, -0.2) is 5.91 Å². The van der Waals surface area contributed by atoms with Gasteiger partial charge in [0.15, 0.2) is 0 Å². The molecule has 0 spiro atoms. The highest BCUT2D eigenvalue weighted by Gasteiger charge is 2.31. The second-order valence-electron chi connectivity index (χ2n) is 6.28. The quantitative estimate of drug-likeness (QED) is 0.370. The van der Waals surface area contributed by atoms with E-state index < -0.39 is 0 Å². The van der Waals surface area contributed by atoms with Crippen molar-refractivity contribution in [2.75, 3.05) is 4.90 Å². The Labute approximate surface area is 181 Å². The summed E-state index contributed by atoms with van der Waals surface area (Å²) in [5.41, 5.74) is 3.84. The normalized spacial score (nSPS) is 15.2. The number of nitrogens with zero attached hydrogens (tertiary/aromatic N) is 1. The molecule has 0 radical (unpaired) electrons. The van der Waals surface area contributed by atoms with Gasteiger partial charge in [-0.05, 0) is 53.6 Å². The average Bonchev–Trinajstić information content (AvgIpc) is 3.01. The lowest BCUT2D eigenvalue weighted by Crippen LogP contribution is -2.25. The van der Waals surface area contributed by atoms with Crippen molar-refractivity contribution in [3.05, 3.63) is 110 Å². The highest BCUT2D eigenvalue weighted by molar-refractivity contribution is 9.10. The molecule has 1 aliphatic rings. The van der Waals surface area contributed by atoms with Crippen molar-refractivity contribution >= 4 is 62.5 Å². The molecule has 0 aromatic heterocycles. The molecular weight excluding hydrogens is 457 g/mol. The minimum Gasteiger partial charge on any atom is -0.275 e. The lowest BCUT2D eigenvalue weighted by molar-refractivity contribution is -0.113. The van der Waals surface area contributed by atoms with Crippen LogP contribution >= 0.6 is 39.1 Å². The number of anilines is 1. The van der Waals surface area contributed by atoms with Gasteiger partial charge in [0.1, 0.15) is 0 Å². The molecule has 28 heavy (non-hydrogen) atoms. The molecule has 0 fully saturated rings. The van der Waals surface area contributed by atoms with E-state index in [0.717, 1.165) is 21.3 Å². The highest BCUT2D eigenvalue weighted by atomic mass is 79.9. The summed E-state index contributed by atoms with van der Waals surface area (Å²) in [7, 11) is 0. The topological polar surface area (TPSA) is 20.3 Å². The molecular formula is C23H14BrCl2NO. The molecule has 2 nitrogen and oxygen atoms in total. The summed E-state index contributed by atoms with van der Waals surface area (Å²) >= 11 is 15.9. The van der Waals surface area contributed by atoms with Crippen LogP contribution in [0, 0.1) is 0 Å². The van der Waals surface area contributed by atoms with E-state index in [2.05, 4.69) is 15.9 Å². The van der Waals surface area contributed by atoms with Crippen LogP contribution in [0.25, 0.3) is 11.8 Å². The second kappa shape index (κ2) is 7.96. The molecule has 0 saturated heterocycles. The highest BCUT2D eigenvalue weighted by Crippen LogP contribution is 2.39. The Kier molecular flexibility index (Phi) is 5.40. The largest absolute Gasteiger partial charge is 0.275 e. The Bertz CT molecular complexity index is 1110. The van der Waals surface area contributed by atoms with E-state index in [4.69, 9.17) is 23.2 Å². The lowest BCUT2D eigenvalue weighted by atomic mass is 10.1. The van der Waals surface area contributed by atoms with Crippen molar-refractivity contribution in [3.8, 4) is 0 Å². The third kappa shape index (κ3) is 3.79. The molecule has 0 unspecified atom stereocenters. The van der Waals surface area contributed by atoms with Crippen LogP contribution in [0.15, 0.2) is 88.9 Å². The molecule has 3 aromatic carbocycles. The standard InChI is InChI=1S/C23H14BrCl2NO/c24-18-8-6-15(7-9-18)12-17-13-22(16-4-2-1-3-5-16)27(23(17)28)21-11-10-19(25)14-20(21)26/h1-14H/b17-12+. The molecule has 1 aliphatic heterocycles. The van der Waals surface area contributed by atoms with Crippen molar-refractivity contribution in [1.29, 1.82) is 0 Å². The van der Waals surface area contributed by atoms with Crippen LogP contribution in [0.5, 0.6) is 0 Å². The van der Waals surface area contributed by atoms with E-state index in [9.17, 15) is 4.79 Å². The molecule has 1 heterocycles. The fraction of sp³-hybridized carbons (Fsp3) is 0. The van der Waals surface area contributed by atoms with Gasteiger partial charge in [-0.25, -0.2) is 0 Å². The Morgan fingerprint density at radius 2 is 1.61 bits per heavy atom. The van der Waals surface area contributed by atoms with Crippen molar-refractivity contribution in [3.63, 3.8) is 0 Å². The van der Waals surface area contributed by atoms with Gasteiger partial charge in [0, 0.05) is 15.1 Å². The first-order chi connectivity index (χ1) is 13.5. The molecule has 0 atom stereocenters. The Hall–Kier alpha value is -2.33. The predicted octanol–water partition coefficient (Wildman–Crippen LogP) is 7.23. The molecule has 0 bridgehead atoms. The number of rotatable bonds is 3. The van der Waals surface area contributed by atoms with Gasteiger partial charge in [-0.2, -0.15) is 0 Å². The first kappa shape index (κ1) is 19.0. The summed E-state index contributed by atoms with van der Waals surface area (Å²) < 4.78 is 0.988. The minimum atomic E-state index is -0.133. The number of carbonyl (C=O) groups excluding carboxylic acids is 1. The number of benzene rings is 3. The lowest BCUT2D eigenvalue weighted by Gasteiger charge is -2.22. The SMILES string of the molecule is O=C1/C(=C/c2ccc(Br)cc2)C=C(c2ccccc2)N1c1ccc(Cl)cc1Cl. The summed E-state index contributed by atoms with van der Waals surface area (Å²) in [5.74, 6) is -0.133. The van der Waals surface area contributed by atoms with Gasteiger partial charge in [0.25, 0.3) is 5.91 Å². The molecule has 5 heteroatoms. The van der Waals surface area contributed by atoms with Gasteiger partial charge in [0.2, 0.25) is 0 Å². The Morgan fingerprint density at radius 3 is 2.29 bits per heavy atom. The van der Waals surface area contributed by atoms with Crippen molar-refractivity contribution < 1.29 is 4.79 Å². The molecule has 0 aliphatic carbocycles. The van der Waals surface area contributed by atoms with Crippen molar-refractivity contribution in [2.24, 2.45) is 0 Å². The smallest absolute Gasteiger partial charge is 0.262 e. The van der Waals surface area contributed by atoms with Crippen molar-refractivity contribution in [1.82, 2.24) is 0 Å². The first-order valence-corrected chi connectivity index (χ1v) is 10.1. The van der Waals surface area contributed by atoms with Crippen LogP contribution in [0.1, 0.15) is 11.1 Å². The van der Waals surface area contributed by atoms with E-state index in [1.165, 1.54) is 0 Å². The van der Waals surface area contributed by atoms with Crippen LogP contribution in [-0.2, 0) is 4.79 Å². The van der Waals surface area contributed by atoms with E-state index in [1.807, 2.05) is 66.7 Å². The van der Waals surface area contributed by atoms with Gasteiger partial charge in [-0.15, -0.1) is 0 Å². The summed E-state index contributed by atoms with van der Waals surface area (Å²) in [6.45, 7) is 0. The molecule has 1 amide bonds. The van der Waals surface area contributed by atoms with E-state index in [0.29, 0.717) is 21.3 Å². The first-order valence-electron chi connectivity index (χ1n) is 8.57. The van der Waals surface area contributed by atoms with Crippen LogP contribution in [0.4, 0.5) is 5.69 Å². The Morgan fingerprint density at radius 1 is 0.893 bits per heavy atom. The zero-order valence-electron chi connectivity index (χ0n) is 14.6. The van der Waals surface area contributed by atoms with Gasteiger partial charge in [-0.1, -0.05) is 81.6 Å². The van der Waals surface area contributed by atoms with Gasteiger partial charge in [-0.3, -0.25) is 9.69 Å². The fourth-order valence-electron chi connectivity index (χ4n) is 3.08. The summed E-state index contributed by atoms with van der Waals surface area (Å²) in [4.78, 5) is 14.9. The number of hydrogen-bond donors (Lipinski definition) is 0. The monoisotopic (exact) mass is 469 g/mol. The minimum absolute atomic E-state index is 0.133. The van der Waals surface area contributed by atoms with E-state index in [-0.39, 0.29) is 5.91 Å². The zero-order chi connectivity index (χ0) is 19.7. The van der Waals surface area contributed by atoms with Crippen LogP contribution < -0.4 is 4.90 Å². The molecule has 0 N–H and O–H groups in total. The van der Waals surface area contributed by atoms with Crippen LogP contribution in [0.2, 0.25) is 10.0 Å². The third-order valence-corrected chi connectivity index (χ3v) is 5.46. The van der Waals surface area contributed by atoms with E-state index in [1.54, 1.807) is 23.1 Å². The average molecular weight is 471 g/mol. The van der Waals surface area contributed by atoms with Gasteiger partial charge >= 0.3 is 0 Å².